The Morgan fingerprint density at radius 3 is 2.38 bits per heavy atom. The van der Waals surface area contributed by atoms with Gasteiger partial charge in [-0.25, -0.2) is 9.97 Å². The first-order valence-electron chi connectivity index (χ1n) is 9.45. The van der Waals surface area contributed by atoms with Crippen LogP contribution in [-0.2, 0) is 4.79 Å². The maximum atomic E-state index is 11.9. The molecule has 1 amide bonds. The fourth-order valence-electron chi connectivity index (χ4n) is 2.86. The number of para-hydroxylation sites is 1. The average molecular weight is 383 g/mol. The van der Waals surface area contributed by atoms with Crippen LogP contribution in [0, 0.1) is 5.92 Å². The van der Waals surface area contributed by atoms with Crippen LogP contribution in [0.2, 0.25) is 0 Å². The van der Waals surface area contributed by atoms with E-state index in [2.05, 4.69) is 20.6 Å². The number of fused-ring (bicyclic) bond motifs is 1. The van der Waals surface area contributed by atoms with Gasteiger partial charge in [0, 0.05) is 40.6 Å². The molecule has 0 saturated carbocycles. The number of carbonyl (C=O) groups is 1. The van der Waals surface area contributed by atoms with E-state index in [1.165, 1.54) is 0 Å². The van der Waals surface area contributed by atoms with Crippen molar-refractivity contribution < 1.29 is 4.79 Å². The highest BCUT2D eigenvalue weighted by atomic mass is 16.1. The highest BCUT2D eigenvalue weighted by molar-refractivity contribution is 5.93. The van der Waals surface area contributed by atoms with Crippen molar-refractivity contribution in [1.29, 1.82) is 0 Å². The minimum atomic E-state index is -0.0638. The minimum absolute atomic E-state index is 0.00591. The SMILES string of the molecule is CC(C)C(=O)Nc1ccc(Nc2nc(-c3cccnc3)nc3ccccc23)cc1. The number of pyridine rings is 1. The fraction of sp³-hybridized carbons (Fsp3) is 0.130. The van der Waals surface area contributed by atoms with Gasteiger partial charge in [0.1, 0.15) is 5.82 Å². The molecule has 4 aromatic rings. The second kappa shape index (κ2) is 8.06. The first-order valence-corrected chi connectivity index (χ1v) is 9.45. The molecule has 2 heterocycles. The standard InChI is InChI=1S/C23H21N5O/c1-15(2)23(29)26-18-11-9-17(10-12-18)25-22-19-7-3-4-8-20(19)27-21(28-22)16-6-5-13-24-14-16/h3-15H,1-2H3,(H,26,29)(H,25,27,28). The monoisotopic (exact) mass is 383 g/mol. The quantitative estimate of drug-likeness (QED) is 0.505. The first kappa shape index (κ1) is 18.6. The summed E-state index contributed by atoms with van der Waals surface area (Å²) in [6.07, 6.45) is 3.48. The molecule has 0 atom stereocenters. The summed E-state index contributed by atoms with van der Waals surface area (Å²) in [5, 5.41) is 7.20. The number of anilines is 3. The number of rotatable bonds is 5. The summed E-state index contributed by atoms with van der Waals surface area (Å²) in [6.45, 7) is 3.73. The first-order chi connectivity index (χ1) is 14.1. The van der Waals surface area contributed by atoms with Gasteiger partial charge < -0.3 is 10.6 Å². The Balaban J connectivity index is 1.66. The van der Waals surface area contributed by atoms with Gasteiger partial charge in [-0.1, -0.05) is 26.0 Å². The van der Waals surface area contributed by atoms with Crippen LogP contribution in [0.5, 0.6) is 0 Å². The molecule has 0 aliphatic heterocycles. The lowest BCUT2D eigenvalue weighted by atomic mass is 10.2. The van der Waals surface area contributed by atoms with Gasteiger partial charge in [-0.3, -0.25) is 9.78 Å². The molecule has 2 N–H and O–H groups in total. The van der Waals surface area contributed by atoms with E-state index in [4.69, 9.17) is 4.98 Å². The van der Waals surface area contributed by atoms with Gasteiger partial charge >= 0.3 is 0 Å². The summed E-state index contributed by atoms with van der Waals surface area (Å²) in [5.74, 6) is 1.26. The zero-order valence-corrected chi connectivity index (χ0v) is 16.3. The number of hydrogen-bond donors (Lipinski definition) is 2. The third-order valence-electron chi connectivity index (χ3n) is 4.46. The highest BCUT2D eigenvalue weighted by Gasteiger charge is 2.10. The van der Waals surface area contributed by atoms with E-state index in [-0.39, 0.29) is 11.8 Å². The number of benzene rings is 2. The highest BCUT2D eigenvalue weighted by Crippen LogP contribution is 2.27. The lowest BCUT2D eigenvalue weighted by Gasteiger charge is -2.12. The molecule has 2 aromatic heterocycles. The molecule has 4 rings (SSSR count). The smallest absolute Gasteiger partial charge is 0.226 e. The van der Waals surface area contributed by atoms with Crippen LogP contribution in [0.3, 0.4) is 0 Å². The van der Waals surface area contributed by atoms with Gasteiger partial charge in [0.15, 0.2) is 5.82 Å². The summed E-state index contributed by atoms with van der Waals surface area (Å²) in [7, 11) is 0. The predicted octanol–water partition coefficient (Wildman–Crippen LogP) is 5.03. The second-order valence-corrected chi connectivity index (χ2v) is 7.00. The van der Waals surface area contributed by atoms with E-state index in [0.29, 0.717) is 11.6 Å². The zero-order valence-electron chi connectivity index (χ0n) is 16.3. The Kier molecular flexibility index (Phi) is 5.16. The Labute approximate surface area is 169 Å². The summed E-state index contributed by atoms with van der Waals surface area (Å²) in [5.41, 5.74) is 3.34. The maximum absolute atomic E-state index is 11.9. The van der Waals surface area contributed by atoms with Crippen molar-refractivity contribution in [2.75, 3.05) is 10.6 Å². The minimum Gasteiger partial charge on any atom is -0.340 e. The number of hydrogen-bond acceptors (Lipinski definition) is 5. The van der Waals surface area contributed by atoms with E-state index in [9.17, 15) is 4.79 Å². The lowest BCUT2D eigenvalue weighted by molar-refractivity contribution is -0.118. The molecular formula is C23H21N5O. The molecule has 6 nitrogen and oxygen atoms in total. The van der Waals surface area contributed by atoms with Gasteiger partial charge in [0.05, 0.1) is 5.52 Å². The topological polar surface area (TPSA) is 79.8 Å². The third-order valence-corrected chi connectivity index (χ3v) is 4.46. The molecule has 0 radical (unpaired) electrons. The molecule has 0 fully saturated rings. The van der Waals surface area contributed by atoms with E-state index < -0.39 is 0 Å². The third kappa shape index (κ3) is 4.21. The van der Waals surface area contributed by atoms with Gasteiger partial charge in [0.25, 0.3) is 0 Å². The van der Waals surface area contributed by atoms with Crippen LogP contribution in [-0.4, -0.2) is 20.9 Å². The zero-order chi connectivity index (χ0) is 20.2. The largest absolute Gasteiger partial charge is 0.340 e. The Morgan fingerprint density at radius 1 is 0.897 bits per heavy atom. The van der Waals surface area contributed by atoms with Crippen molar-refractivity contribution in [3.63, 3.8) is 0 Å². The van der Waals surface area contributed by atoms with Crippen molar-refractivity contribution in [2.45, 2.75) is 13.8 Å². The molecule has 0 unspecified atom stereocenters. The van der Waals surface area contributed by atoms with Gasteiger partial charge in [-0.2, -0.15) is 0 Å². The number of amides is 1. The van der Waals surface area contributed by atoms with Crippen molar-refractivity contribution in [3.8, 4) is 11.4 Å². The molecule has 0 aliphatic carbocycles. The second-order valence-electron chi connectivity index (χ2n) is 7.00. The van der Waals surface area contributed by atoms with E-state index in [1.54, 1.807) is 12.4 Å². The van der Waals surface area contributed by atoms with Crippen LogP contribution in [0.15, 0.2) is 73.1 Å². The average Bonchev–Trinajstić information content (AvgIpc) is 2.75. The molecule has 0 bridgehead atoms. The summed E-state index contributed by atoms with van der Waals surface area (Å²) in [4.78, 5) is 25.4. The van der Waals surface area contributed by atoms with Crippen molar-refractivity contribution >= 4 is 34.0 Å². The van der Waals surface area contributed by atoms with Crippen LogP contribution in [0.25, 0.3) is 22.3 Å². The van der Waals surface area contributed by atoms with Gasteiger partial charge in [-0.05, 0) is 48.5 Å². The normalized spacial score (nSPS) is 10.9. The van der Waals surface area contributed by atoms with Crippen molar-refractivity contribution in [2.24, 2.45) is 5.92 Å². The van der Waals surface area contributed by atoms with Crippen LogP contribution in [0.4, 0.5) is 17.2 Å². The summed E-state index contributed by atoms with van der Waals surface area (Å²) < 4.78 is 0. The number of nitrogens with zero attached hydrogens (tertiary/aromatic N) is 3. The Bertz CT molecular complexity index is 1140. The Morgan fingerprint density at radius 2 is 1.66 bits per heavy atom. The molecule has 0 saturated heterocycles. The van der Waals surface area contributed by atoms with Crippen LogP contribution < -0.4 is 10.6 Å². The predicted molar refractivity (Wildman–Crippen MR) is 116 cm³/mol. The summed E-state index contributed by atoms with van der Waals surface area (Å²) >= 11 is 0. The fourth-order valence-corrected chi connectivity index (χ4v) is 2.86. The van der Waals surface area contributed by atoms with Gasteiger partial charge in [0.2, 0.25) is 5.91 Å². The van der Waals surface area contributed by atoms with Crippen LogP contribution in [0.1, 0.15) is 13.8 Å². The molecule has 0 spiro atoms. The molecule has 2 aromatic carbocycles. The number of carbonyl (C=O) groups excluding carboxylic acids is 1. The lowest BCUT2D eigenvalue weighted by Crippen LogP contribution is -2.17. The molecule has 29 heavy (non-hydrogen) atoms. The van der Waals surface area contributed by atoms with E-state index >= 15 is 0 Å². The maximum Gasteiger partial charge on any atom is 0.226 e. The van der Waals surface area contributed by atoms with Crippen LogP contribution >= 0.6 is 0 Å². The summed E-state index contributed by atoms with van der Waals surface area (Å²) in [6, 6.07) is 19.2. The van der Waals surface area contributed by atoms with Crippen molar-refractivity contribution in [3.05, 3.63) is 73.1 Å². The number of nitrogens with one attached hydrogen (secondary N) is 2. The van der Waals surface area contributed by atoms with Crippen molar-refractivity contribution in [1.82, 2.24) is 15.0 Å². The van der Waals surface area contributed by atoms with E-state index in [0.717, 1.165) is 27.8 Å². The molecule has 0 aliphatic rings. The number of aromatic nitrogens is 3. The van der Waals surface area contributed by atoms with Gasteiger partial charge in [-0.15, -0.1) is 0 Å². The molecular weight excluding hydrogens is 362 g/mol. The molecule has 6 heteroatoms. The molecule has 144 valence electrons. The van der Waals surface area contributed by atoms with E-state index in [1.807, 2.05) is 74.5 Å². The Hall–Kier alpha value is -3.80.